The number of nitrogens with zero attached hydrogens (tertiary/aromatic N) is 2. The Hall–Kier alpha value is -2.45. The fourth-order valence-electron chi connectivity index (χ4n) is 3.62. The molecule has 6 nitrogen and oxygen atoms in total. The molecule has 9 heteroatoms. The van der Waals surface area contributed by atoms with Crippen molar-refractivity contribution in [3.8, 4) is 5.75 Å². The van der Waals surface area contributed by atoms with Gasteiger partial charge in [0.2, 0.25) is 5.91 Å². The molecule has 0 unspecified atom stereocenters. The molecule has 3 amide bonds. The van der Waals surface area contributed by atoms with Crippen LogP contribution in [0, 0.1) is 5.92 Å². The van der Waals surface area contributed by atoms with E-state index in [2.05, 4.69) is 10.1 Å². The monoisotopic (exact) mass is 399 g/mol. The van der Waals surface area contributed by atoms with E-state index in [0.29, 0.717) is 25.1 Å². The zero-order valence-electron chi connectivity index (χ0n) is 15.5. The van der Waals surface area contributed by atoms with E-state index in [1.165, 1.54) is 24.3 Å². The van der Waals surface area contributed by atoms with E-state index < -0.39 is 6.36 Å². The second-order valence-corrected chi connectivity index (χ2v) is 7.17. The van der Waals surface area contributed by atoms with Gasteiger partial charge in [-0.3, -0.25) is 4.79 Å². The summed E-state index contributed by atoms with van der Waals surface area (Å²) in [6.45, 7) is 2.83. The highest BCUT2D eigenvalue weighted by atomic mass is 19.4. The third kappa shape index (κ3) is 5.53. The van der Waals surface area contributed by atoms with Crippen LogP contribution >= 0.6 is 0 Å². The number of ether oxygens (including phenoxy) is 1. The molecule has 3 rings (SSSR count). The van der Waals surface area contributed by atoms with Gasteiger partial charge in [-0.25, -0.2) is 4.79 Å². The number of piperidine rings is 1. The maximum Gasteiger partial charge on any atom is 0.573 e. The molecule has 2 heterocycles. The number of halogens is 3. The summed E-state index contributed by atoms with van der Waals surface area (Å²) in [5.74, 6) is -0.714. The Morgan fingerprint density at radius 3 is 2.32 bits per heavy atom. The molecule has 28 heavy (non-hydrogen) atoms. The zero-order valence-corrected chi connectivity index (χ0v) is 15.5. The molecule has 0 bridgehead atoms. The molecule has 1 atom stereocenters. The number of urea groups is 1. The second-order valence-electron chi connectivity index (χ2n) is 7.17. The zero-order chi connectivity index (χ0) is 20.1. The standard InChI is InChI=1S/C19H24F3N3O3/c20-19(21,22)28-16-7-5-14(6-8-16)12-23-17(26)15-4-3-11-25(13-15)18(27)24-9-1-2-10-24/h5-8,15H,1-4,9-13H2,(H,23,26)/t15-/m1/s1. The van der Waals surface area contributed by atoms with E-state index >= 15 is 0 Å². The Bertz CT molecular complexity index is 688. The highest BCUT2D eigenvalue weighted by Gasteiger charge is 2.32. The van der Waals surface area contributed by atoms with Crippen molar-refractivity contribution in [2.45, 2.75) is 38.6 Å². The van der Waals surface area contributed by atoms with Crippen LogP contribution in [0.25, 0.3) is 0 Å². The van der Waals surface area contributed by atoms with Gasteiger partial charge in [-0.1, -0.05) is 12.1 Å². The lowest BCUT2D eigenvalue weighted by Gasteiger charge is -2.34. The van der Waals surface area contributed by atoms with Gasteiger partial charge in [0.05, 0.1) is 5.92 Å². The number of nitrogens with one attached hydrogen (secondary N) is 1. The van der Waals surface area contributed by atoms with Crippen LogP contribution in [0.2, 0.25) is 0 Å². The van der Waals surface area contributed by atoms with E-state index in [-0.39, 0.29) is 30.2 Å². The quantitative estimate of drug-likeness (QED) is 0.846. The molecule has 0 aromatic heterocycles. The van der Waals surface area contributed by atoms with Crippen LogP contribution in [0.15, 0.2) is 24.3 Å². The van der Waals surface area contributed by atoms with Gasteiger partial charge in [-0.05, 0) is 43.4 Å². The van der Waals surface area contributed by atoms with Crippen LogP contribution in [0.4, 0.5) is 18.0 Å². The first-order chi connectivity index (χ1) is 13.3. The average Bonchev–Trinajstić information content (AvgIpc) is 3.20. The molecular weight excluding hydrogens is 375 g/mol. The largest absolute Gasteiger partial charge is 0.573 e. The van der Waals surface area contributed by atoms with Crippen LogP contribution < -0.4 is 10.1 Å². The van der Waals surface area contributed by atoms with Crippen LogP contribution in [-0.2, 0) is 11.3 Å². The van der Waals surface area contributed by atoms with Crippen molar-refractivity contribution < 1.29 is 27.5 Å². The second kappa shape index (κ2) is 8.70. The van der Waals surface area contributed by atoms with Gasteiger partial charge in [0.25, 0.3) is 0 Å². The minimum absolute atomic E-state index is 0.00949. The first-order valence-electron chi connectivity index (χ1n) is 9.48. The van der Waals surface area contributed by atoms with Crippen molar-refractivity contribution in [3.63, 3.8) is 0 Å². The smallest absolute Gasteiger partial charge is 0.406 e. The van der Waals surface area contributed by atoms with Crippen LogP contribution in [-0.4, -0.2) is 54.3 Å². The number of amides is 3. The van der Waals surface area contributed by atoms with Crippen LogP contribution in [0.3, 0.4) is 0 Å². The van der Waals surface area contributed by atoms with E-state index in [4.69, 9.17) is 0 Å². The minimum Gasteiger partial charge on any atom is -0.406 e. The summed E-state index contributed by atoms with van der Waals surface area (Å²) in [7, 11) is 0. The van der Waals surface area contributed by atoms with Gasteiger partial charge in [-0.15, -0.1) is 13.2 Å². The van der Waals surface area contributed by atoms with Crippen molar-refractivity contribution in [2.24, 2.45) is 5.92 Å². The molecule has 0 spiro atoms. The maximum atomic E-state index is 12.5. The number of likely N-dealkylation sites (tertiary alicyclic amines) is 2. The van der Waals surface area contributed by atoms with Gasteiger partial charge < -0.3 is 19.9 Å². The highest BCUT2D eigenvalue weighted by Crippen LogP contribution is 2.23. The molecule has 0 saturated carbocycles. The number of alkyl halides is 3. The van der Waals surface area contributed by atoms with Gasteiger partial charge in [0, 0.05) is 32.7 Å². The molecular formula is C19H24F3N3O3. The van der Waals surface area contributed by atoms with E-state index in [1.54, 1.807) is 4.90 Å². The number of carbonyl (C=O) groups excluding carboxylic acids is 2. The lowest BCUT2D eigenvalue weighted by Crippen LogP contribution is -2.49. The van der Waals surface area contributed by atoms with Crippen molar-refractivity contribution in [2.75, 3.05) is 26.2 Å². The number of rotatable bonds is 4. The predicted molar refractivity (Wildman–Crippen MR) is 95.5 cm³/mol. The van der Waals surface area contributed by atoms with Gasteiger partial charge in [-0.2, -0.15) is 0 Å². The van der Waals surface area contributed by atoms with Gasteiger partial charge >= 0.3 is 12.4 Å². The lowest BCUT2D eigenvalue weighted by molar-refractivity contribution is -0.274. The SMILES string of the molecule is O=C(NCc1ccc(OC(F)(F)F)cc1)[C@@H]1CCCN(C(=O)N2CCCC2)C1. The third-order valence-corrected chi connectivity index (χ3v) is 5.06. The van der Waals surface area contributed by atoms with Crippen molar-refractivity contribution in [3.05, 3.63) is 29.8 Å². The van der Waals surface area contributed by atoms with E-state index in [1.807, 2.05) is 4.90 Å². The van der Waals surface area contributed by atoms with Crippen LogP contribution in [0.5, 0.6) is 5.75 Å². The van der Waals surface area contributed by atoms with Crippen molar-refractivity contribution in [1.29, 1.82) is 0 Å². The Morgan fingerprint density at radius 1 is 1.04 bits per heavy atom. The molecule has 1 aromatic carbocycles. The van der Waals surface area contributed by atoms with E-state index in [0.717, 1.165) is 32.4 Å². The van der Waals surface area contributed by atoms with Crippen molar-refractivity contribution in [1.82, 2.24) is 15.1 Å². The Labute approximate surface area is 161 Å². The summed E-state index contributed by atoms with van der Waals surface area (Å²) >= 11 is 0. The Balaban J connectivity index is 1.48. The summed E-state index contributed by atoms with van der Waals surface area (Å²) < 4.78 is 40.4. The number of carbonyl (C=O) groups is 2. The first-order valence-corrected chi connectivity index (χ1v) is 9.48. The number of benzene rings is 1. The molecule has 154 valence electrons. The molecule has 1 N–H and O–H groups in total. The first kappa shape index (κ1) is 20.3. The molecule has 2 saturated heterocycles. The number of hydrogen-bond acceptors (Lipinski definition) is 3. The Kier molecular flexibility index (Phi) is 6.31. The number of hydrogen-bond donors (Lipinski definition) is 1. The van der Waals surface area contributed by atoms with E-state index in [9.17, 15) is 22.8 Å². The fraction of sp³-hybridized carbons (Fsp3) is 0.579. The fourth-order valence-corrected chi connectivity index (χ4v) is 3.62. The summed E-state index contributed by atoms with van der Waals surface area (Å²) in [4.78, 5) is 28.6. The molecule has 0 radical (unpaired) electrons. The normalized spacial score (nSPS) is 20.2. The van der Waals surface area contributed by atoms with Gasteiger partial charge in [0.1, 0.15) is 5.75 Å². The average molecular weight is 399 g/mol. The van der Waals surface area contributed by atoms with Gasteiger partial charge in [0.15, 0.2) is 0 Å². The third-order valence-electron chi connectivity index (χ3n) is 5.06. The molecule has 2 fully saturated rings. The van der Waals surface area contributed by atoms with Crippen LogP contribution in [0.1, 0.15) is 31.2 Å². The lowest BCUT2D eigenvalue weighted by atomic mass is 9.97. The topological polar surface area (TPSA) is 61.9 Å². The highest BCUT2D eigenvalue weighted by molar-refractivity contribution is 5.81. The molecule has 2 aliphatic rings. The minimum atomic E-state index is -4.73. The molecule has 0 aliphatic carbocycles. The summed E-state index contributed by atoms with van der Waals surface area (Å²) in [6, 6.07) is 5.39. The maximum absolute atomic E-state index is 12.5. The summed E-state index contributed by atoms with van der Waals surface area (Å²) in [5, 5.41) is 2.81. The molecule has 1 aromatic rings. The van der Waals surface area contributed by atoms with Crippen molar-refractivity contribution >= 4 is 11.9 Å². The summed E-state index contributed by atoms with van der Waals surface area (Å²) in [5.41, 5.74) is 0.670. The molecule has 2 aliphatic heterocycles. The summed E-state index contributed by atoms with van der Waals surface area (Å²) in [6.07, 6.45) is -1.18. The Morgan fingerprint density at radius 2 is 1.68 bits per heavy atom. The predicted octanol–water partition coefficient (Wildman–Crippen LogP) is 3.13.